The molecule has 3 aromatic heterocycles. The van der Waals surface area contributed by atoms with E-state index in [4.69, 9.17) is 10.8 Å². The number of hydrogen-bond acceptors (Lipinski definition) is 9. The lowest BCUT2D eigenvalue weighted by atomic mass is 10.1. The highest BCUT2D eigenvalue weighted by atomic mass is 32.2. The zero-order chi connectivity index (χ0) is 21.8. The van der Waals surface area contributed by atoms with E-state index < -0.39 is 17.1 Å². The largest absolute Gasteiger partial charge is 0.477 e. The third-order valence-corrected chi connectivity index (χ3v) is 5.37. The van der Waals surface area contributed by atoms with Gasteiger partial charge in [0.2, 0.25) is 17.8 Å². The van der Waals surface area contributed by atoms with Crippen LogP contribution in [0.25, 0.3) is 11.2 Å². The van der Waals surface area contributed by atoms with Crippen LogP contribution in [0.2, 0.25) is 0 Å². The standard InChI is InChI=1S/C19H16N8O3S/c20-18-25-14-13(22-9-23-14)16(27-18)31-12(8-10-4-2-1-3-5-10)15(28)26-19-21-7-6-11(24-19)17(29)30/h1-7,9,12H,8H2,(H,29,30)(H,21,24,26,28)(H3,20,22,23,25,27)/t12-/m1/s1. The molecule has 0 bridgehead atoms. The normalized spacial score (nSPS) is 11.9. The van der Waals surface area contributed by atoms with Crippen LogP contribution in [0.1, 0.15) is 16.1 Å². The number of aromatic carboxylic acids is 1. The smallest absolute Gasteiger partial charge is 0.354 e. The van der Waals surface area contributed by atoms with Crippen molar-refractivity contribution in [2.45, 2.75) is 16.7 Å². The average molecular weight is 436 g/mol. The van der Waals surface area contributed by atoms with Crippen molar-refractivity contribution < 1.29 is 14.7 Å². The third-order valence-electron chi connectivity index (χ3n) is 4.19. The molecule has 0 aliphatic heterocycles. The Bertz CT molecular complexity index is 1250. The van der Waals surface area contributed by atoms with Crippen LogP contribution in [0.4, 0.5) is 11.9 Å². The number of imidazole rings is 1. The Hall–Kier alpha value is -4.06. The summed E-state index contributed by atoms with van der Waals surface area (Å²) in [6.07, 6.45) is 3.11. The molecule has 0 fully saturated rings. The van der Waals surface area contributed by atoms with Crippen molar-refractivity contribution in [3.05, 3.63) is 60.2 Å². The van der Waals surface area contributed by atoms with E-state index in [2.05, 4.69) is 35.2 Å². The van der Waals surface area contributed by atoms with Gasteiger partial charge in [0.05, 0.1) is 11.6 Å². The number of carboxylic acid groups (broad SMARTS) is 1. The summed E-state index contributed by atoms with van der Waals surface area (Å²) >= 11 is 1.18. The Morgan fingerprint density at radius 1 is 1.13 bits per heavy atom. The fraction of sp³-hybridized carbons (Fsp3) is 0.105. The highest BCUT2D eigenvalue weighted by Crippen LogP contribution is 2.30. The van der Waals surface area contributed by atoms with Gasteiger partial charge >= 0.3 is 5.97 Å². The monoisotopic (exact) mass is 436 g/mol. The van der Waals surface area contributed by atoms with E-state index in [1.807, 2.05) is 30.3 Å². The van der Waals surface area contributed by atoms with E-state index in [0.29, 0.717) is 22.6 Å². The molecule has 0 saturated carbocycles. The number of nitrogen functional groups attached to an aromatic ring is 1. The molecule has 0 aliphatic rings. The number of aromatic nitrogens is 6. The molecule has 0 unspecified atom stereocenters. The molecule has 0 radical (unpaired) electrons. The molecule has 31 heavy (non-hydrogen) atoms. The topological polar surface area (TPSA) is 173 Å². The number of fused-ring (bicyclic) bond motifs is 1. The van der Waals surface area contributed by atoms with Crippen molar-refractivity contribution in [3.8, 4) is 0 Å². The fourth-order valence-corrected chi connectivity index (χ4v) is 3.91. The van der Waals surface area contributed by atoms with Crippen molar-refractivity contribution in [1.82, 2.24) is 29.9 Å². The maximum absolute atomic E-state index is 13.1. The number of carboxylic acids is 1. The van der Waals surface area contributed by atoms with Gasteiger partial charge in [-0.15, -0.1) is 0 Å². The lowest BCUT2D eigenvalue weighted by molar-refractivity contribution is -0.115. The molecular formula is C19H16N8O3S. The number of nitrogens with zero attached hydrogens (tertiary/aromatic N) is 5. The number of hydrogen-bond donors (Lipinski definition) is 4. The minimum atomic E-state index is -1.22. The summed E-state index contributed by atoms with van der Waals surface area (Å²) in [5, 5.41) is 11.5. The molecule has 0 aliphatic carbocycles. The lowest BCUT2D eigenvalue weighted by Crippen LogP contribution is -2.28. The van der Waals surface area contributed by atoms with Crippen molar-refractivity contribution in [2.24, 2.45) is 0 Å². The Balaban J connectivity index is 1.63. The molecule has 156 valence electrons. The average Bonchev–Trinajstić information content (AvgIpc) is 3.22. The molecule has 5 N–H and O–H groups in total. The van der Waals surface area contributed by atoms with Crippen LogP contribution in [-0.4, -0.2) is 52.1 Å². The van der Waals surface area contributed by atoms with Gasteiger partial charge in [0.1, 0.15) is 10.5 Å². The Kier molecular flexibility index (Phi) is 5.71. The quantitative estimate of drug-likeness (QED) is 0.247. The SMILES string of the molecule is Nc1nc(S[C@H](Cc2ccccc2)C(=O)Nc2nccc(C(=O)O)n2)c2[nH]cnc2n1. The summed E-state index contributed by atoms with van der Waals surface area (Å²) in [6, 6.07) is 10.7. The second-order valence-electron chi connectivity index (χ2n) is 6.34. The number of H-pyrrole nitrogens is 1. The second kappa shape index (κ2) is 8.75. The molecule has 1 aromatic carbocycles. The summed E-state index contributed by atoms with van der Waals surface area (Å²) in [4.78, 5) is 47.4. The molecular weight excluding hydrogens is 420 g/mol. The van der Waals surface area contributed by atoms with E-state index in [9.17, 15) is 9.59 Å². The predicted molar refractivity (Wildman–Crippen MR) is 114 cm³/mol. The number of aromatic amines is 1. The van der Waals surface area contributed by atoms with E-state index in [0.717, 1.165) is 5.56 Å². The van der Waals surface area contributed by atoms with Gasteiger partial charge in [0.25, 0.3) is 0 Å². The summed E-state index contributed by atoms with van der Waals surface area (Å²) < 4.78 is 0. The first-order valence-corrected chi connectivity index (χ1v) is 9.92. The third kappa shape index (κ3) is 4.75. The first-order valence-electron chi connectivity index (χ1n) is 9.04. The van der Waals surface area contributed by atoms with Gasteiger partial charge in [-0.2, -0.15) is 4.98 Å². The molecule has 4 aromatic rings. The number of benzene rings is 1. The van der Waals surface area contributed by atoms with E-state index in [-0.39, 0.29) is 17.6 Å². The Labute approximate surface area is 179 Å². The first-order chi connectivity index (χ1) is 15.0. The van der Waals surface area contributed by atoms with Gasteiger partial charge in [-0.1, -0.05) is 42.1 Å². The number of amides is 1. The maximum atomic E-state index is 13.1. The zero-order valence-electron chi connectivity index (χ0n) is 15.9. The lowest BCUT2D eigenvalue weighted by Gasteiger charge is -2.16. The van der Waals surface area contributed by atoms with Crippen LogP contribution in [-0.2, 0) is 11.2 Å². The van der Waals surface area contributed by atoms with E-state index in [1.165, 1.54) is 30.4 Å². The molecule has 1 atom stereocenters. The minimum absolute atomic E-state index is 0.0402. The van der Waals surface area contributed by atoms with Crippen LogP contribution in [0.3, 0.4) is 0 Å². The summed E-state index contributed by atoms with van der Waals surface area (Å²) in [5.41, 5.74) is 7.46. The van der Waals surface area contributed by atoms with Gasteiger partial charge in [0, 0.05) is 6.20 Å². The number of nitrogens with two attached hydrogens (primary N) is 1. The van der Waals surface area contributed by atoms with Crippen molar-refractivity contribution in [2.75, 3.05) is 11.1 Å². The van der Waals surface area contributed by atoms with Crippen LogP contribution in [0.15, 0.2) is 53.9 Å². The molecule has 3 heterocycles. The van der Waals surface area contributed by atoms with Gasteiger partial charge < -0.3 is 15.8 Å². The number of thioether (sulfide) groups is 1. The summed E-state index contributed by atoms with van der Waals surface area (Å²) in [7, 11) is 0. The molecule has 1 amide bonds. The predicted octanol–water partition coefficient (Wildman–Crippen LogP) is 1.77. The Morgan fingerprint density at radius 2 is 1.94 bits per heavy atom. The van der Waals surface area contributed by atoms with Crippen LogP contribution in [0.5, 0.6) is 0 Å². The molecule has 11 nitrogen and oxygen atoms in total. The highest BCUT2D eigenvalue weighted by molar-refractivity contribution is 8.00. The van der Waals surface area contributed by atoms with E-state index in [1.54, 1.807) is 0 Å². The number of anilines is 2. The molecule has 12 heteroatoms. The van der Waals surface area contributed by atoms with Gasteiger partial charge in [-0.05, 0) is 18.1 Å². The highest BCUT2D eigenvalue weighted by Gasteiger charge is 2.24. The second-order valence-corrected chi connectivity index (χ2v) is 7.54. The van der Waals surface area contributed by atoms with Crippen molar-refractivity contribution in [1.29, 1.82) is 0 Å². The number of nitrogens with one attached hydrogen (secondary N) is 2. The van der Waals surface area contributed by atoms with Crippen LogP contribution >= 0.6 is 11.8 Å². The van der Waals surface area contributed by atoms with Crippen LogP contribution in [0, 0.1) is 0 Å². The van der Waals surface area contributed by atoms with Crippen LogP contribution < -0.4 is 11.1 Å². The van der Waals surface area contributed by atoms with Gasteiger partial charge in [-0.25, -0.2) is 24.7 Å². The van der Waals surface area contributed by atoms with E-state index >= 15 is 0 Å². The number of carbonyl (C=O) groups is 2. The summed E-state index contributed by atoms with van der Waals surface area (Å²) in [6.45, 7) is 0. The zero-order valence-corrected chi connectivity index (χ0v) is 16.7. The minimum Gasteiger partial charge on any atom is -0.477 e. The van der Waals surface area contributed by atoms with Gasteiger partial charge in [0.15, 0.2) is 11.3 Å². The van der Waals surface area contributed by atoms with Crippen molar-refractivity contribution in [3.63, 3.8) is 0 Å². The number of carbonyl (C=O) groups excluding carboxylic acids is 1. The molecule has 0 spiro atoms. The summed E-state index contributed by atoms with van der Waals surface area (Å²) in [5.74, 6) is -1.69. The fourth-order valence-electron chi connectivity index (χ4n) is 2.79. The van der Waals surface area contributed by atoms with Gasteiger partial charge in [-0.3, -0.25) is 10.1 Å². The Morgan fingerprint density at radius 3 is 2.71 bits per heavy atom. The number of rotatable bonds is 7. The maximum Gasteiger partial charge on any atom is 0.354 e. The van der Waals surface area contributed by atoms with Crippen molar-refractivity contribution >= 4 is 46.7 Å². The first kappa shape index (κ1) is 20.2. The molecule has 0 saturated heterocycles. The molecule has 4 rings (SSSR count).